The average Bonchev–Trinajstić information content (AvgIpc) is 2.63. The predicted molar refractivity (Wildman–Crippen MR) is 134 cm³/mol. The maximum atomic E-state index is 12.4. The third-order valence-electron chi connectivity index (χ3n) is 7.13. The summed E-state index contributed by atoms with van der Waals surface area (Å²) in [4.78, 5) is 12.7. The Morgan fingerprint density at radius 1 is 1.03 bits per heavy atom. The molecule has 4 heteroatoms. The van der Waals surface area contributed by atoms with E-state index in [-0.39, 0.29) is 5.60 Å². The van der Waals surface area contributed by atoms with Gasteiger partial charge in [0.05, 0.1) is 0 Å². The van der Waals surface area contributed by atoms with Gasteiger partial charge >= 0.3 is 196 Å². The fourth-order valence-electron chi connectivity index (χ4n) is 5.17. The van der Waals surface area contributed by atoms with Crippen molar-refractivity contribution < 1.29 is 7.87 Å². The molecule has 0 aromatic heterocycles. The number of carbonyl (C=O) groups is 1. The first-order valence-corrected chi connectivity index (χ1v) is 20.5. The van der Waals surface area contributed by atoms with Crippen LogP contribution < -0.4 is 0 Å². The average molecular weight is 580 g/mol. The van der Waals surface area contributed by atoms with Gasteiger partial charge in [-0.15, -0.1) is 0 Å². The van der Waals surface area contributed by atoms with Crippen molar-refractivity contribution in [3.63, 3.8) is 0 Å². The normalized spacial score (nSPS) is 25.9. The first-order chi connectivity index (χ1) is 13.5. The van der Waals surface area contributed by atoms with Crippen LogP contribution in [-0.2, 0) is 7.87 Å². The molecule has 1 rings (SSSR count). The molecule has 0 spiro atoms. The van der Waals surface area contributed by atoms with Crippen LogP contribution in [0.5, 0.6) is 0 Å². The van der Waals surface area contributed by atoms with E-state index in [1.807, 2.05) is 0 Å². The van der Waals surface area contributed by atoms with E-state index in [1.54, 1.807) is 6.92 Å². The van der Waals surface area contributed by atoms with Gasteiger partial charge in [0.2, 0.25) is 0 Å². The van der Waals surface area contributed by atoms with Crippen molar-refractivity contribution in [1.29, 1.82) is 0 Å². The Balaban J connectivity index is 3.21. The summed E-state index contributed by atoms with van der Waals surface area (Å²) in [5.74, 6) is 0.993. The van der Waals surface area contributed by atoms with Gasteiger partial charge in [0.25, 0.3) is 0 Å². The van der Waals surface area contributed by atoms with Gasteiger partial charge in [-0.2, -0.15) is 0 Å². The first kappa shape index (κ1) is 27.9. The van der Waals surface area contributed by atoms with E-state index in [9.17, 15) is 4.79 Å². The molecule has 1 aliphatic rings. The molecule has 1 saturated carbocycles. The maximum absolute atomic E-state index is 12.4. The molecular weight excluding hydrogens is 531 g/mol. The zero-order valence-corrected chi connectivity index (χ0v) is 25.0. The van der Waals surface area contributed by atoms with E-state index in [0.29, 0.717) is 28.4 Å². The van der Waals surface area contributed by atoms with Gasteiger partial charge in [0.1, 0.15) is 0 Å². The number of hydrogen-bond acceptors (Lipinski definition) is 2. The molecule has 0 unspecified atom stereocenters. The first-order valence-electron chi connectivity index (χ1n) is 12.4. The Morgan fingerprint density at radius 2 is 1.52 bits per heavy atom. The summed E-state index contributed by atoms with van der Waals surface area (Å²) in [7, 11) is 0. The standard InChI is InChI=1S/C13H22BrO2.3C4H9.Sn/c1-9(15)8-13(16)6-5-10(7-11(13)14)12(2,3)4;3*1-3-4-2;/h10-11H,5-8H2,1-4H3;3*1,3-4H2,2H3;/q-1;;;;+1/t10-,11-,13-;;;;/m0..../s1. The molecule has 29 heavy (non-hydrogen) atoms. The van der Waals surface area contributed by atoms with Gasteiger partial charge in [-0.1, -0.05) is 0 Å². The molecule has 0 heterocycles. The van der Waals surface area contributed by atoms with Crippen LogP contribution in [0.3, 0.4) is 0 Å². The Labute approximate surface area is 195 Å². The fraction of sp³-hybridized carbons (Fsp3) is 0.960. The van der Waals surface area contributed by atoms with Crippen LogP contribution in [0.2, 0.25) is 13.3 Å². The predicted octanol–water partition coefficient (Wildman–Crippen LogP) is 8.68. The zero-order valence-electron chi connectivity index (χ0n) is 20.5. The summed E-state index contributed by atoms with van der Waals surface area (Å²) in [6.45, 7) is 15.8. The third kappa shape index (κ3) is 8.75. The summed E-state index contributed by atoms with van der Waals surface area (Å²) in [6.07, 6.45) is 11.6. The van der Waals surface area contributed by atoms with Crippen LogP contribution in [-0.4, -0.2) is 35.0 Å². The monoisotopic (exact) mass is 580 g/mol. The Bertz CT molecular complexity index is 466. The van der Waals surface area contributed by atoms with Crippen LogP contribution in [0.15, 0.2) is 0 Å². The van der Waals surface area contributed by atoms with Gasteiger partial charge in [0, 0.05) is 0 Å². The molecule has 0 aromatic carbocycles. The topological polar surface area (TPSA) is 26.3 Å². The molecule has 0 bridgehead atoms. The minimum absolute atomic E-state index is 0.251. The van der Waals surface area contributed by atoms with Crippen molar-refractivity contribution in [2.24, 2.45) is 11.3 Å². The number of ketones is 1. The van der Waals surface area contributed by atoms with Crippen LogP contribution in [0, 0.1) is 11.3 Å². The third-order valence-corrected chi connectivity index (χ3v) is 21.6. The van der Waals surface area contributed by atoms with Gasteiger partial charge in [0.15, 0.2) is 0 Å². The SMILES string of the molecule is CCC[CH2][Sn]([CH2]CCC)([CH2]CCC)[O][C@]1(CC(C)=O)CC[C@H](C(C)(C)C)C[C@@H]1Br. The number of hydrogen-bond donors (Lipinski definition) is 0. The second-order valence-corrected chi connectivity index (χ2v) is 23.6. The molecule has 0 saturated heterocycles. The van der Waals surface area contributed by atoms with Gasteiger partial charge in [-0.25, -0.2) is 0 Å². The van der Waals surface area contributed by atoms with E-state index in [0.717, 1.165) is 12.8 Å². The number of rotatable bonds is 13. The van der Waals surface area contributed by atoms with E-state index in [1.165, 1.54) is 58.3 Å². The molecule has 3 atom stereocenters. The zero-order chi connectivity index (χ0) is 22.1. The fourth-order valence-corrected chi connectivity index (χ4v) is 21.5. The van der Waals surface area contributed by atoms with Gasteiger partial charge in [-0.05, 0) is 0 Å². The van der Waals surface area contributed by atoms with Crippen LogP contribution in [0.25, 0.3) is 0 Å². The van der Waals surface area contributed by atoms with Crippen LogP contribution in [0.4, 0.5) is 0 Å². The van der Waals surface area contributed by atoms with Crippen LogP contribution in [0.1, 0.15) is 113 Å². The summed E-state index contributed by atoms with van der Waals surface area (Å²) in [6, 6.07) is 0. The molecule has 0 amide bonds. The molecule has 0 radical (unpaired) electrons. The molecule has 0 aromatic rings. The van der Waals surface area contributed by atoms with Crippen molar-refractivity contribution in [2.75, 3.05) is 0 Å². The van der Waals surface area contributed by atoms with Gasteiger partial charge in [-0.3, -0.25) is 0 Å². The molecule has 0 aliphatic heterocycles. The Kier molecular flexibility index (Phi) is 12.4. The molecule has 1 aliphatic carbocycles. The number of alkyl halides is 1. The second kappa shape index (κ2) is 12.8. The number of carbonyl (C=O) groups excluding carboxylic acids is 1. The summed E-state index contributed by atoms with van der Waals surface area (Å²) in [5, 5.41) is 0. The Hall–Kier alpha value is 0.909. The molecule has 1 fully saturated rings. The second-order valence-electron chi connectivity index (χ2n) is 10.8. The number of Topliss-reactive ketones (excluding diaryl/α,β-unsaturated/α-hetero) is 1. The molecule has 0 N–H and O–H groups in total. The van der Waals surface area contributed by atoms with Crippen molar-refractivity contribution >= 4 is 40.5 Å². The van der Waals surface area contributed by atoms with E-state index >= 15 is 0 Å². The molecule has 2 nitrogen and oxygen atoms in total. The van der Waals surface area contributed by atoms with Gasteiger partial charge < -0.3 is 0 Å². The van der Waals surface area contributed by atoms with E-state index in [4.69, 9.17) is 3.07 Å². The number of unbranched alkanes of at least 4 members (excludes halogenated alkanes) is 3. The number of halogens is 1. The van der Waals surface area contributed by atoms with Crippen LogP contribution >= 0.6 is 15.9 Å². The molecular formula is C25H49BrO2Sn. The van der Waals surface area contributed by atoms with E-state index < -0.39 is 18.8 Å². The molecule has 172 valence electrons. The van der Waals surface area contributed by atoms with Crippen molar-refractivity contribution in [3.05, 3.63) is 0 Å². The minimum atomic E-state index is -2.80. The van der Waals surface area contributed by atoms with Crippen molar-refractivity contribution in [2.45, 2.75) is 136 Å². The Morgan fingerprint density at radius 3 is 1.86 bits per heavy atom. The summed E-state index contributed by atoms with van der Waals surface area (Å²) < 4.78 is 11.5. The quantitative estimate of drug-likeness (QED) is 0.161. The van der Waals surface area contributed by atoms with Crippen molar-refractivity contribution in [1.82, 2.24) is 0 Å². The summed E-state index contributed by atoms with van der Waals surface area (Å²) >= 11 is 1.29. The van der Waals surface area contributed by atoms with Crippen molar-refractivity contribution in [3.8, 4) is 0 Å². The summed E-state index contributed by atoms with van der Waals surface area (Å²) in [5.41, 5.74) is 0.0697. The van der Waals surface area contributed by atoms with E-state index in [2.05, 4.69) is 57.5 Å².